The highest BCUT2D eigenvalue weighted by atomic mass is 15.3. The Hall–Kier alpha value is -0.0800. The second-order valence-electron chi connectivity index (χ2n) is 5.23. The molecule has 1 heterocycles. The predicted octanol–water partition coefficient (Wildman–Crippen LogP) is -1.41. The van der Waals surface area contributed by atoms with Gasteiger partial charge in [0.25, 0.3) is 0 Å². The van der Waals surface area contributed by atoms with Crippen LogP contribution in [-0.2, 0) is 0 Å². The van der Waals surface area contributed by atoms with Crippen LogP contribution in [-0.4, -0.2) is 39.3 Å². The van der Waals surface area contributed by atoms with Gasteiger partial charge in [-0.1, -0.05) is 6.92 Å². The minimum atomic E-state index is 1.00. The van der Waals surface area contributed by atoms with Crippen molar-refractivity contribution in [1.29, 1.82) is 0 Å². The van der Waals surface area contributed by atoms with Crippen LogP contribution < -0.4 is 9.80 Å². The molecule has 0 aromatic heterocycles. The Morgan fingerprint density at radius 1 is 1.00 bits per heavy atom. The Morgan fingerprint density at radius 3 is 2.23 bits per heavy atom. The fourth-order valence-corrected chi connectivity index (χ4v) is 2.98. The topological polar surface area (TPSA) is 8.88 Å². The Labute approximate surface area is 81.9 Å². The number of quaternary nitrogens is 2. The summed E-state index contributed by atoms with van der Waals surface area (Å²) in [5.41, 5.74) is 0. The predicted molar refractivity (Wildman–Crippen MR) is 54.1 cm³/mol. The Bertz CT molecular complexity index is 161. The first-order valence-corrected chi connectivity index (χ1v) is 5.91. The molecule has 0 amide bonds. The van der Waals surface area contributed by atoms with Crippen LogP contribution in [0, 0.1) is 5.92 Å². The molecule has 0 aromatic carbocycles. The van der Waals surface area contributed by atoms with E-state index in [1.165, 1.54) is 45.4 Å². The van der Waals surface area contributed by atoms with Crippen LogP contribution >= 0.6 is 0 Å². The molecule has 2 aliphatic rings. The number of likely N-dealkylation sites (N-methyl/N-ethyl adjacent to an activating group) is 1. The van der Waals surface area contributed by atoms with E-state index >= 15 is 0 Å². The van der Waals surface area contributed by atoms with Crippen molar-refractivity contribution < 1.29 is 9.80 Å². The monoisotopic (exact) mass is 184 g/mol. The van der Waals surface area contributed by atoms with Gasteiger partial charge in [-0.15, -0.1) is 0 Å². The second-order valence-corrected chi connectivity index (χ2v) is 5.23. The Morgan fingerprint density at radius 2 is 1.69 bits per heavy atom. The molecule has 1 aliphatic carbocycles. The molecule has 2 rings (SSSR count). The molecule has 2 fully saturated rings. The zero-order valence-corrected chi connectivity index (χ0v) is 9.10. The SMILES string of the molecule is C[C@@H]1CC[C@H]([NH+]2CC[NH+](C)CC2)C1. The summed E-state index contributed by atoms with van der Waals surface area (Å²) in [5, 5.41) is 0. The average Bonchev–Trinajstić information content (AvgIpc) is 2.53. The number of hydrogen-bond acceptors (Lipinski definition) is 0. The summed E-state index contributed by atoms with van der Waals surface area (Å²) in [4.78, 5) is 3.64. The number of rotatable bonds is 1. The van der Waals surface area contributed by atoms with Gasteiger partial charge >= 0.3 is 0 Å². The van der Waals surface area contributed by atoms with Gasteiger partial charge in [-0.05, 0) is 18.8 Å². The van der Waals surface area contributed by atoms with Crippen molar-refractivity contribution in [2.24, 2.45) is 5.92 Å². The van der Waals surface area contributed by atoms with Crippen LogP contribution in [0.15, 0.2) is 0 Å². The summed E-state index contributed by atoms with van der Waals surface area (Å²) in [7, 11) is 2.33. The van der Waals surface area contributed by atoms with Gasteiger partial charge in [0.2, 0.25) is 0 Å². The summed E-state index contributed by atoms with van der Waals surface area (Å²) in [6.07, 6.45) is 4.47. The maximum absolute atomic E-state index is 2.42. The lowest BCUT2D eigenvalue weighted by molar-refractivity contribution is -1.02. The van der Waals surface area contributed by atoms with E-state index in [-0.39, 0.29) is 0 Å². The van der Waals surface area contributed by atoms with Crippen molar-refractivity contribution in [3.63, 3.8) is 0 Å². The molecular weight excluding hydrogens is 160 g/mol. The molecule has 2 N–H and O–H groups in total. The van der Waals surface area contributed by atoms with E-state index in [9.17, 15) is 0 Å². The van der Waals surface area contributed by atoms with E-state index in [0.29, 0.717) is 0 Å². The lowest BCUT2D eigenvalue weighted by Gasteiger charge is -2.31. The van der Waals surface area contributed by atoms with Gasteiger partial charge in [-0.3, -0.25) is 0 Å². The zero-order valence-electron chi connectivity index (χ0n) is 9.10. The molecule has 0 radical (unpaired) electrons. The van der Waals surface area contributed by atoms with Gasteiger partial charge in [0.15, 0.2) is 0 Å². The van der Waals surface area contributed by atoms with Crippen molar-refractivity contribution >= 4 is 0 Å². The highest BCUT2D eigenvalue weighted by molar-refractivity contribution is 4.71. The highest BCUT2D eigenvalue weighted by Crippen LogP contribution is 2.22. The summed E-state index contributed by atoms with van der Waals surface area (Å²) in [6, 6.07) is 1.02. The first-order chi connectivity index (χ1) is 6.25. The Balaban J connectivity index is 1.81. The molecule has 13 heavy (non-hydrogen) atoms. The maximum Gasteiger partial charge on any atom is 0.127 e. The number of hydrogen-bond donors (Lipinski definition) is 2. The molecule has 1 aliphatic heterocycles. The first-order valence-electron chi connectivity index (χ1n) is 5.91. The van der Waals surface area contributed by atoms with Crippen LogP contribution in [0.4, 0.5) is 0 Å². The standard InChI is InChI=1S/C11H22N2/c1-10-3-4-11(9-10)13-7-5-12(2)6-8-13/h10-11H,3-9H2,1-2H3/p+2/t10-,11+/m1/s1. The van der Waals surface area contributed by atoms with Crippen LogP contribution in [0.2, 0.25) is 0 Å². The minimum Gasteiger partial charge on any atom is -0.328 e. The van der Waals surface area contributed by atoms with Crippen molar-refractivity contribution in [3.05, 3.63) is 0 Å². The zero-order chi connectivity index (χ0) is 9.26. The van der Waals surface area contributed by atoms with E-state index in [2.05, 4.69) is 14.0 Å². The molecule has 2 heteroatoms. The molecule has 2 atom stereocenters. The minimum absolute atomic E-state index is 1.00. The number of nitrogens with one attached hydrogen (secondary N) is 2. The molecule has 76 valence electrons. The fourth-order valence-electron chi connectivity index (χ4n) is 2.98. The van der Waals surface area contributed by atoms with E-state index in [4.69, 9.17) is 0 Å². The number of piperazine rings is 1. The fraction of sp³-hybridized carbons (Fsp3) is 1.00. The first kappa shape index (κ1) is 9.47. The third-order valence-corrected chi connectivity index (χ3v) is 4.02. The van der Waals surface area contributed by atoms with Crippen molar-refractivity contribution in [2.45, 2.75) is 32.2 Å². The van der Waals surface area contributed by atoms with Crippen LogP contribution in [0.1, 0.15) is 26.2 Å². The molecule has 1 saturated carbocycles. The summed E-state index contributed by atoms with van der Waals surface area (Å²) in [5.74, 6) is 1.00. The van der Waals surface area contributed by atoms with E-state index in [1.807, 2.05) is 4.90 Å². The van der Waals surface area contributed by atoms with Gasteiger partial charge in [0, 0.05) is 6.42 Å². The van der Waals surface area contributed by atoms with E-state index in [1.54, 1.807) is 4.90 Å². The van der Waals surface area contributed by atoms with E-state index in [0.717, 1.165) is 12.0 Å². The van der Waals surface area contributed by atoms with Crippen LogP contribution in [0.5, 0.6) is 0 Å². The third kappa shape index (κ3) is 2.23. The lowest BCUT2D eigenvalue weighted by Crippen LogP contribution is -3.28. The van der Waals surface area contributed by atoms with Gasteiger partial charge in [0.1, 0.15) is 26.2 Å². The summed E-state index contributed by atoms with van der Waals surface area (Å²) < 4.78 is 0. The normalized spacial score (nSPS) is 46.6. The van der Waals surface area contributed by atoms with Crippen molar-refractivity contribution in [2.75, 3.05) is 33.2 Å². The smallest absolute Gasteiger partial charge is 0.127 e. The van der Waals surface area contributed by atoms with E-state index < -0.39 is 0 Å². The van der Waals surface area contributed by atoms with Gasteiger partial charge < -0.3 is 9.80 Å². The molecular formula is C11H24N2+2. The van der Waals surface area contributed by atoms with Crippen molar-refractivity contribution in [3.8, 4) is 0 Å². The van der Waals surface area contributed by atoms with Gasteiger partial charge in [0.05, 0.1) is 13.1 Å². The quantitative estimate of drug-likeness (QED) is 0.495. The molecule has 1 saturated heterocycles. The van der Waals surface area contributed by atoms with Gasteiger partial charge in [-0.2, -0.15) is 0 Å². The molecule has 0 unspecified atom stereocenters. The molecule has 0 bridgehead atoms. The molecule has 0 spiro atoms. The van der Waals surface area contributed by atoms with Crippen LogP contribution in [0.25, 0.3) is 0 Å². The highest BCUT2D eigenvalue weighted by Gasteiger charge is 2.32. The third-order valence-electron chi connectivity index (χ3n) is 4.02. The maximum atomic E-state index is 2.42. The molecule has 2 nitrogen and oxygen atoms in total. The molecule has 0 aromatic rings. The van der Waals surface area contributed by atoms with Gasteiger partial charge in [-0.25, -0.2) is 0 Å². The summed E-state index contributed by atoms with van der Waals surface area (Å²) >= 11 is 0. The second kappa shape index (κ2) is 3.97. The Kier molecular flexibility index (Phi) is 2.89. The summed E-state index contributed by atoms with van der Waals surface area (Å²) in [6.45, 7) is 8.04. The largest absolute Gasteiger partial charge is 0.328 e. The van der Waals surface area contributed by atoms with Crippen LogP contribution in [0.3, 0.4) is 0 Å². The average molecular weight is 184 g/mol. The van der Waals surface area contributed by atoms with Crippen molar-refractivity contribution in [1.82, 2.24) is 0 Å². The lowest BCUT2D eigenvalue weighted by atomic mass is 10.1.